The van der Waals surface area contributed by atoms with Crippen LogP contribution in [0.3, 0.4) is 0 Å². The van der Waals surface area contributed by atoms with E-state index in [1.165, 1.54) is 0 Å². The Kier molecular flexibility index (Phi) is 11.4. The van der Waals surface area contributed by atoms with Crippen molar-refractivity contribution in [3.63, 3.8) is 0 Å². The Morgan fingerprint density at radius 3 is 2.33 bits per heavy atom. The topological polar surface area (TPSA) is 54.0 Å². The van der Waals surface area contributed by atoms with E-state index in [0.717, 1.165) is 44.9 Å². The maximum absolute atomic E-state index is 11.4. The fourth-order valence-corrected chi connectivity index (χ4v) is 1.89. The Balaban J connectivity index is 3.79. The Labute approximate surface area is 129 Å². The summed E-state index contributed by atoms with van der Waals surface area (Å²) >= 11 is 0. The minimum Gasteiger partial charge on any atom is -0.432 e. The third-order valence-corrected chi connectivity index (χ3v) is 3.47. The predicted octanol–water partition coefficient (Wildman–Crippen LogP) is 5.19. The van der Waals surface area contributed by atoms with E-state index in [-0.39, 0.29) is 0 Å². The van der Waals surface area contributed by atoms with Gasteiger partial charge in [-0.1, -0.05) is 52.9 Å². The molecule has 0 aromatic carbocycles. The second-order valence-corrected chi connectivity index (χ2v) is 6.08. The van der Waals surface area contributed by atoms with Crippen LogP contribution in [0.25, 0.3) is 0 Å². The van der Waals surface area contributed by atoms with Crippen LogP contribution in [0, 0.1) is 5.92 Å². The highest BCUT2D eigenvalue weighted by atomic mass is 17.5. The maximum Gasteiger partial charge on any atom is 0.542 e. The van der Waals surface area contributed by atoms with Crippen molar-refractivity contribution in [3.05, 3.63) is 0 Å². The van der Waals surface area contributed by atoms with Crippen LogP contribution in [-0.4, -0.2) is 18.4 Å². The highest BCUT2D eigenvalue weighted by Crippen LogP contribution is 2.18. The molecule has 0 spiro atoms. The fourth-order valence-electron chi connectivity index (χ4n) is 1.89. The van der Waals surface area contributed by atoms with Gasteiger partial charge in [0, 0.05) is 0 Å². The van der Waals surface area contributed by atoms with Crippen molar-refractivity contribution in [1.82, 2.24) is 0 Å². The molecule has 126 valence electrons. The van der Waals surface area contributed by atoms with Crippen LogP contribution >= 0.6 is 0 Å². The third-order valence-electron chi connectivity index (χ3n) is 3.47. The lowest BCUT2D eigenvalue weighted by Crippen LogP contribution is -2.25. The van der Waals surface area contributed by atoms with E-state index in [1.807, 2.05) is 13.8 Å². The Bertz CT molecular complexity index is 265. The first-order chi connectivity index (χ1) is 9.95. The van der Waals surface area contributed by atoms with Gasteiger partial charge in [0.2, 0.25) is 0 Å². The first kappa shape index (κ1) is 20.2. The minimum absolute atomic E-state index is 0.359. The second-order valence-electron chi connectivity index (χ2n) is 6.08. The van der Waals surface area contributed by atoms with E-state index < -0.39 is 11.8 Å². The lowest BCUT2D eigenvalue weighted by Gasteiger charge is -2.21. The molecule has 0 saturated heterocycles. The SMILES string of the molecule is CCCCC(CC)COC(=O)OOOC(C)(C)CCCC. The van der Waals surface area contributed by atoms with Gasteiger partial charge in [0.1, 0.15) is 5.60 Å². The number of carbonyl (C=O) groups excluding carboxylic acids is 1. The van der Waals surface area contributed by atoms with Crippen LogP contribution in [0.5, 0.6) is 0 Å². The van der Waals surface area contributed by atoms with E-state index in [9.17, 15) is 4.79 Å². The molecule has 0 radical (unpaired) electrons. The van der Waals surface area contributed by atoms with E-state index in [1.54, 1.807) is 0 Å². The summed E-state index contributed by atoms with van der Waals surface area (Å²) in [5, 5.41) is 4.53. The summed E-state index contributed by atoms with van der Waals surface area (Å²) in [4.78, 5) is 20.9. The molecule has 5 heteroatoms. The summed E-state index contributed by atoms with van der Waals surface area (Å²) in [5.41, 5.74) is -0.483. The van der Waals surface area contributed by atoms with E-state index in [0.29, 0.717) is 12.5 Å². The molecule has 0 N–H and O–H groups in total. The molecule has 0 aromatic heterocycles. The average molecular weight is 304 g/mol. The van der Waals surface area contributed by atoms with Crippen LogP contribution < -0.4 is 0 Å². The van der Waals surface area contributed by atoms with Crippen molar-refractivity contribution in [3.8, 4) is 0 Å². The molecule has 0 bridgehead atoms. The fraction of sp³-hybridized carbons (Fsp3) is 0.938. The van der Waals surface area contributed by atoms with Gasteiger partial charge in [-0.25, -0.2) is 9.68 Å². The molecule has 21 heavy (non-hydrogen) atoms. The van der Waals surface area contributed by atoms with Crippen LogP contribution in [-0.2, 0) is 19.6 Å². The molecular weight excluding hydrogens is 272 g/mol. The van der Waals surface area contributed by atoms with Gasteiger partial charge in [-0.2, -0.15) is 4.89 Å². The van der Waals surface area contributed by atoms with Gasteiger partial charge in [-0.05, 0) is 37.6 Å². The molecule has 0 aromatic rings. The van der Waals surface area contributed by atoms with Gasteiger partial charge in [-0.3, -0.25) is 0 Å². The largest absolute Gasteiger partial charge is 0.542 e. The second kappa shape index (κ2) is 11.8. The summed E-state index contributed by atoms with van der Waals surface area (Å²) in [6.45, 7) is 10.5. The third kappa shape index (κ3) is 11.5. The predicted molar refractivity (Wildman–Crippen MR) is 81.5 cm³/mol. The Hall–Kier alpha value is -0.810. The molecule has 0 amide bonds. The van der Waals surface area contributed by atoms with Crippen molar-refractivity contribution in [2.24, 2.45) is 5.92 Å². The quantitative estimate of drug-likeness (QED) is 0.282. The van der Waals surface area contributed by atoms with E-state index >= 15 is 0 Å². The number of hydrogen-bond acceptors (Lipinski definition) is 5. The summed E-state index contributed by atoms with van der Waals surface area (Å²) in [6, 6.07) is 0. The van der Waals surface area contributed by atoms with Crippen LogP contribution in [0.4, 0.5) is 4.79 Å². The van der Waals surface area contributed by atoms with Gasteiger partial charge >= 0.3 is 6.16 Å². The molecule has 0 rings (SSSR count). The standard InChI is InChI=1S/C16H32O5/c1-6-9-11-14(8-3)13-18-15(17)19-21-20-16(4,5)12-10-7-2/h14H,6-13H2,1-5H3. The number of carbonyl (C=O) groups is 1. The van der Waals surface area contributed by atoms with Crippen molar-refractivity contribution in [1.29, 1.82) is 0 Å². The molecule has 0 aliphatic carbocycles. The van der Waals surface area contributed by atoms with E-state index in [2.05, 4.69) is 30.7 Å². The van der Waals surface area contributed by atoms with Gasteiger partial charge in [0.15, 0.2) is 0 Å². The zero-order valence-corrected chi connectivity index (χ0v) is 14.3. The summed E-state index contributed by atoms with van der Waals surface area (Å²) in [5.74, 6) is 0.374. The van der Waals surface area contributed by atoms with Gasteiger partial charge in [-0.15, -0.1) is 0 Å². The van der Waals surface area contributed by atoms with Gasteiger partial charge < -0.3 is 4.74 Å². The molecule has 5 nitrogen and oxygen atoms in total. The van der Waals surface area contributed by atoms with E-state index in [4.69, 9.17) is 9.62 Å². The summed E-state index contributed by atoms with van der Waals surface area (Å²) in [6.07, 6.45) is 6.40. The smallest absolute Gasteiger partial charge is 0.432 e. The van der Waals surface area contributed by atoms with Crippen molar-refractivity contribution in [2.45, 2.75) is 85.2 Å². The van der Waals surface area contributed by atoms with Crippen LogP contribution in [0.2, 0.25) is 0 Å². The maximum atomic E-state index is 11.4. The molecule has 0 saturated carbocycles. The van der Waals surface area contributed by atoms with Gasteiger partial charge in [0.25, 0.3) is 0 Å². The van der Waals surface area contributed by atoms with Gasteiger partial charge in [0.05, 0.1) is 6.61 Å². The molecule has 1 unspecified atom stereocenters. The number of hydrogen-bond donors (Lipinski definition) is 0. The molecule has 1 atom stereocenters. The average Bonchev–Trinajstić information content (AvgIpc) is 2.45. The van der Waals surface area contributed by atoms with Crippen molar-refractivity contribution < 1.29 is 24.3 Å². The summed E-state index contributed by atoms with van der Waals surface area (Å²) in [7, 11) is 0. The first-order valence-electron chi connectivity index (χ1n) is 8.14. The highest BCUT2D eigenvalue weighted by Gasteiger charge is 2.21. The first-order valence-corrected chi connectivity index (χ1v) is 8.14. The number of rotatable bonds is 12. The van der Waals surface area contributed by atoms with Crippen molar-refractivity contribution >= 4 is 6.16 Å². The lowest BCUT2D eigenvalue weighted by molar-refractivity contribution is -0.517. The van der Waals surface area contributed by atoms with Crippen LogP contribution in [0.15, 0.2) is 0 Å². The lowest BCUT2D eigenvalue weighted by atomic mass is 10.0. The Morgan fingerprint density at radius 1 is 1.10 bits per heavy atom. The normalized spacial score (nSPS) is 13.0. The minimum atomic E-state index is -0.851. The zero-order valence-electron chi connectivity index (χ0n) is 14.3. The molecule has 0 aliphatic rings. The molecule has 0 aliphatic heterocycles. The zero-order chi connectivity index (χ0) is 16.1. The monoisotopic (exact) mass is 304 g/mol. The number of ether oxygens (including phenoxy) is 1. The Morgan fingerprint density at radius 2 is 1.76 bits per heavy atom. The van der Waals surface area contributed by atoms with Crippen molar-refractivity contribution in [2.75, 3.05) is 6.61 Å². The van der Waals surface area contributed by atoms with Crippen LogP contribution in [0.1, 0.15) is 79.6 Å². The molecule has 0 heterocycles. The summed E-state index contributed by atoms with van der Waals surface area (Å²) < 4.78 is 5.02. The molecular formula is C16H32O5. The highest BCUT2D eigenvalue weighted by molar-refractivity contribution is 5.58. The molecule has 0 fully saturated rings. The number of unbranched alkanes of at least 4 members (excludes halogenated alkanes) is 2.